The van der Waals surface area contributed by atoms with Gasteiger partial charge in [0.25, 0.3) is 0 Å². The topological polar surface area (TPSA) is 12.0 Å². The molecule has 1 fully saturated rings. The van der Waals surface area contributed by atoms with E-state index in [0.29, 0.717) is 12.0 Å². The number of rotatable bonds is 5. The highest BCUT2D eigenvalue weighted by atomic mass is 19.1. The van der Waals surface area contributed by atoms with Gasteiger partial charge >= 0.3 is 0 Å². The number of nitrogens with one attached hydrogen (secondary N) is 1. The van der Waals surface area contributed by atoms with Crippen LogP contribution in [0.3, 0.4) is 0 Å². The first kappa shape index (κ1) is 14.2. The first-order valence-electron chi connectivity index (χ1n) is 7.44. The summed E-state index contributed by atoms with van der Waals surface area (Å²) >= 11 is 0. The van der Waals surface area contributed by atoms with Gasteiger partial charge in [0, 0.05) is 6.04 Å². The Hall–Kier alpha value is -1.74. The van der Waals surface area contributed by atoms with Crippen LogP contribution in [0.5, 0.6) is 0 Å². The summed E-state index contributed by atoms with van der Waals surface area (Å²) in [6.07, 6.45) is 3.13. The van der Waals surface area contributed by atoms with Crippen molar-refractivity contribution >= 4 is 0 Å². The fraction of sp³-hybridized carbons (Fsp3) is 0.333. The molecule has 0 aliphatic heterocycles. The standard InChI is InChI=1S/C18H19F2N/c19-16-5-1-13(2-6-16)9-10-21-18-11-15(12-18)14-3-7-17(20)8-4-14/h1-8,15,18,21H,9-12H2. The SMILES string of the molecule is Fc1ccc(CCNC2CC(c3ccc(F)cc3)C2)cc1. The third-order valence-electron chi connectivity index (χ3n) is 4.24. The van der Waals surface area contributed by atoms with Crippen molar-refractivity contribution in [1.29, 1.82) is 0 Å². The molecule has 0 aromatic heterocycles. The van der Waals surface area contributed by atoms with Gasteiger partial charge in [-0.15, -0.1) is 0 Å². The molecule has 3 heteroatoms. The predicted octanol–water partition coefficient (Wildman–Crippen LogP) is 4.04. The fourth-order valence-corrected chi connectivity index (χ4v) is 2.86. The Kier molecular flexibility index (Phi) is 4.30. The minimum Gasteiger partial charge on any atom is -0.314 e. The molecular formula is C18H19F2N. The van der Waals surface area contributed by atoms with Gasteiger partial charge in [0.2, 0.25) is 0 Å². The number of hydrogen-bond acceptors (Lipinski definition) is 1. The molecule has 0 radical (unpaired) electrons. The van der Waals surface area contributed by atoms with Crippen molar-refractivity contribution in [3.63, 3.8) is 0 Å². The van der Waals surface area contributed by atoms with Crippen molar-refractivity contribution < 1.29 is 8.78 Å². The van der Waals surface area contributed by atoms with Crippen LogP contribution in [0.25, 0.3) is 0 Å². The minimum absolute atomic E-state index is 0.174. The molecule has 21 heavy (non-hydrogen) atoms. The van der Waals surface area contributed by atoms with Gasteiger partial charge < -0.3 is 5.32 Å². The third kappa shape index (κ3) is 3.67. The lowest BCUT2D eigenvalue weighted by Gasteiger charge is -2.36. The van der Waals surface area contributed by atoms with Crippen LogP contribution in [0.2, 0.25) is 0 Å². The lowest BCUT2D eigenvalue weighted by atomic mass is 9.76. The Bertz CT molecular complexity index is 571. The maximum absolute atomic E-state index is 12.9. The zero-order valence-corrected chi connectivity index (χ0v) is 11.9. The monoisotopic (exact) mass is 287 g/mol. The van der Waals surface area contributed by atoms with Crippen LogP contribution in [-0.4, -0.2) is 12.6 Å². The molecule has 3 rings (SSSR count). The highest BCUT2D eigenvalue weighted by Gasteiger charge is 2.29. The van der Waals surface area contributed by atoms with Gasteiger partial charge in [-0.25, -0.2) is 8.78 Å². The summed E-state index contributed by atoms with van der Waals surface area (Å²) in [4.78, 5) is 0. The zero-order chi connectivity index (χ0) is 14.7. The first-order chi connectivity index (χ1) is 10.2. The molecule has 0 saturated heterocycles. The molecule has 1 aliphatic carbocycles. The van der Waals surface area contributed by atoms with E-state index in [9.17, 15) is 8.78 Å². The van der Waals surface area contributed by atoms with Crippen LogP contribution in [-0.2, 0) is 6.42 Å². The van der Waals surface area contributed by atoms with E-state index in [1.165, 1.54) is 29.8 Å². The normalized spacial score (nSPS) is 21.0. The van der Waals surface area contributed by atoms with E-state index in [1.807, 2.05) is 24.3 Å². The molecule has 0 unspecified atom stereocenters. The molecule has 1 N–H and O–H groups in total. The van der Waals surface area contributed by atoms with E-state index in [1.54, 1.807) is 0 Å². The van der Waals surface area contributed by atoms with Crippen LogP contribution in [0, 0.1) is 11.6 Å². The Morgan fingerprint density at radius 3 is 2.05 bits per heavy atom. The summed E-state index contributed by atoms with van der Waals surface area (Å²) in [5.74, 6) is 0.189. The Balaban J connectivity index is 1.39. The second-order valence-electron chi connectivity index (χ2n) is 5.75. The number of hydrogen-bond donors (Lipinski definition) is 1. The van der Waals surface area contributed by atoms with Gasteiger partial charge in [0.1, 0.15) is 11.6 Å². The van der Waals surface area contributed by atoms with E-state index < -0.39 is 0 Å². The van der Waals surface area contributed by atoms with Gasteiger partial charge in [-0.1, -0.05) is 24.3 Å². The van der Waals surface area contributed by atoms with Gasteiger partial charge in [0.15, 0.2) is 0 Å². The molecule has 0 spiro atoms. The van der Waals surface area contributed by atoms with E-state index in [-0.39, 0.29) is 11.6 Å². The highest BCUT2D eigenvalue weighted by molar-refractivity contribution is 5.23. The molecule has 2 aromatic rings. The van der Waals surface area contributed by atoms with Crippen molar-refractivity contribution in [2.45, 2.75) is 31.2 Å². The van der Waals surface area contributed by atoms with Crippen molar-refractivity contribution in [3.05, 3.63) is 71.3 Å². The molecule has 0 heterocycles. The van der Waals surface area contributed by atoms with Gasteiger partial charge in [0.05, 0.1) is 0 Å². The minimum atomic E-state index is -0.187. The average molecular weight is 287 g/mol. The molecule has 110 valence electrons. The average Bonchev–Trinajstić information content (AvgIpc) is 2.45. The van der Waals surface area contributed by atoms with Gasteiger partial charge in [-0.3, -0.25) is 0 Å². The predicted molar refractivity (Wildman–Crippen MR) is 80.3 cm³/mol. The quantitative estimate of drug-likeness (QED) is 0.875. The van der Waals surface area contributed by atoms with E-state index in [4.69, 9.17) is 0 Å². The van der Waals surface area contributed by atoms with Crippen molar-refractivity contribution in [2.24, 2.45) is 0 Å². The van der Waals surface area contributed by atoms with Crippen LogP contribution in [0.4, 0.5) is 8.78 Å². The first-order valence-corrected chi connectivity index (χ1v) is 7.44. The van der Waals surface area contributed by atoms with Gasteiger partial charge in [-0.05, 0) is 67.1 Å². The van der Waals surface area contributed by atoms with Crippen LogP contribution >= 0.6 is 0 Å². The van der Waals surface area contributed by atoms with E-state index >= 15 is 0 Å². The summed E-state index contributed by atoms with van der Waals surface area (Å²) in [6, 6.07) is 14.0. The number of benzene rings is 2. The van der Waals surface area contributed by atoms with Crippen LogP contribution in [0.1, 0.15) is 29.9 Å². The molecule has 0 atom stereocenters. The Morgan fingerprint density at radius 2 is 1.43 bits per heavy atom. The number of halogens is 2. The van der Waals surface area contributed by atoms with Crippen molar-refractivity contribution in [1.82, 2.24) is 5.32 Å². The molecule has 1 saturated carbocycles. The highest BCUT2D eigenvalue weighted by Crippen LogP contribution is 2.36. The Morgan fingerprint density at radius 1 is 0.857 bits per heavy atom. The van der Waals surface area contributed by atoms with Crippen molar-refractivity contribution in [2.75, 3.05) is 6.54 Å². The van der Waals surface area contributed by atoms with Crippen molar-refractivity contribution in [3.8, 4) is 0 Å². The lowest BCUT2D eigenvalue weighted by molar-refractivity contribution is 0.292. The smallest absolute Gasteiger partial charge is 0.123 e. The Labute approximate surface area is 124 Å². The summed E-state index contributed by atoms with van der Waals surface area (Å²) < 4.78 is 25.7. The molecular weight excluding hydrogens is 268 g/mol. The summed E-state index contributed by atoms with van der Waals surface area (Å²) in [5, 5.41) is 3.53. The van der Waals surface area contributed by atoms with Crippen LogP contribution < -0.4 is 5.32 Å². The molecule has 1 aliphatic rings. The maximum atomic E-state index is 12.9. The van der Waals surface area contributed by atoms with E-state index in [2.05, 4.69) is 5.32 Å². The van der Waals surface area contributed by atoms with Gasteiger partial charge in [-0.2, -0.15) is 0 Å². The summed E-state index contributed by atoms with van der Waals surface area (Å²) in [7, 11) is 0. The van der Waals surface area contributed by atoms with Crippen LogP contribution in [0.15, 0.2) is 48.5 Å². The largest absolute Gasteiger partial charge is 0.314 e. The maximum Gasteiger partial charge on any atom is 0.123 e. The fourth-order valence-electron chi connectivity index (χ4n) is 2.86. The lowest BCUT2D eigenvalue weighted by Crippen LogP contribution is -2.40. The summed E-state index contributed by atoms with van der Waals surface area (Å²) in [5.41, 5.74) is 2.38. The molecule has 2 aromatic carbocycles. The molecule has 0 amide bonds. The molecule has 1 nitrogen and oxygen atoms in total. The van der Waals surface area contributed by atoms with E-state index in [0.717, 1.165) is 31.4 Å². The second kappa shape index (κ2) is 6.35. The second-order valence-corrected chi connectivity index (χ2v) is 5.75. The zero-order valence-electron chi connectivity index (χ0n) is 11.9. The molecule has 0 bridgehead atoms. The third-order valence-corrected chi connectivity index (χ3v) is 4.24. The summed E-state index contributed by atoms with van der Waals surface area (Å²) in [6.45, 7) is 0.909.